The van der Waals surface area contributed by atoms with E-state index in [0.29, 0.717) is 16.5 Å². The summed E-state index contributed by atoms with van der Waals surface area (Å²) in [6, 6.07) is 11.7. The number of hydrogen-bond donors (Lipinski definition) is 1. The van der Waals surface area contributed by atoms with Gasteiger partial charge in [0.25, 0.3) is 0 Å². The van der Waals surface area contributed by atoms with Gasteiger partial charge < -0.3 is 10.1 Å². The van der Waals surface area contributed by atoms with E-state index in [0.717, 1.165) is 14.8 Å². The molecule has 138 valence electrons. The zero-order chi connectivity index (χ0) is 19.0. The fraction of sp³-hybridized carbons (Fsp3) is 0.118. The maximum atomic E-state index is 12.9. The average Bonchev–Trinajstić information content (AvgIpc) is 3.11. The van der Waals surface area contributed by atoms with E-state index < -0.39 is 12.7 Å². The summed E-state index contributed by atoms with van der Waals surface area (Å²) in [4.78, 5) is 0. The van der Waals surface area contributed by atoms with Crippen molar-refractivity contribution in [1.29, 1.82) is 0 Å². The molecular formula is C17H11ClF2IN5O. The quantitative estimate of drug-likeness (QED) is 0.530. The van der Waals surface area contributed by atoms with Gasteiger partial charge in [-0.15, -0.1) is 0 Å². The van der Waals surface area contributed by atoms with Crippen molar-refractivity contribution in [2.45, 2.75) is 12.7 Å². The van der Waals surface area contributed by atoms with Crippen LogP contribution in [0, 0.1) is 3.57 Å². The molecule has 27 heavy (non-hydrogen) atoms. The summed E-state index contributed by atoms with van der Waals surface area (Å²) in [5.74, 6) is 0.403. The first-order valence-electron chi connectivity index (χ1n) is 7.78. The van der Waals surface area contributed by atoms with Crippen molar-refractivity contribution < 1.29 is 13.5 Å². The number of benzene rings is 2. The summed E-state index contributed by atoms with van der Waals surface area (Å²) >= 11 is 8.32. The first-order valence-corrected chi connectivity index (χ1v) is 9.24. The second-order valence-electron chi connectivity index (χ2n) is 5.66. The number of rotatable bonds is 4. The largest absolute Gasteiger partial charge is 0.434 e. The highest BCUT2D eigenvalue weighted by molar-refractivity contribution is 14.1. The number of nitrogens with zero attached hydrogens (tertiary/aromatic N) is 4. The number of nitrogens with one attached hydrogen (secondary N) is 1. The summed E-state index contributed by atoms with van der Waals surface area (Å²) in [7, 11) is 0. The van der Waals surface area contributed by atoms with Crippen molar-refractivity contribution in [2.24, 2.45) is 0 Å². The van der Waals surface area contributed by atoms with Crippen LogP contribution in [-0.4, -0.2) is 26.8 Å². The highest BCUT2D eigenvalue weighted by atomic mass is 127. The molecular weight excluding hydrogens is 491 g/mol. The number of fused-ring (bicyclic) bond motifs is 1. The summed E-state index contributed by atoms with van der Waals surface area (Å²) in [6.07, 6.45) is 1.84. The molecule has 10 heteroatoms. The molecule has 2 aromatic carbocycles. The number of aromatic nitrogens is 4. The second-order valence-corrected chi connectivity index (χ2v) is 7.35. The molecule has 0 saturated heterocycles. The highest BCUT2D eigenvalue weighted by Gasteiger charge is 2.27. The fourth-order valence-corrected chi connectivity index (χ4v) is 3.37. The number of hydrogen-bond acceptors (Lipinski definition) is 5. The molecule has 3 aromatic rings. The molecule has 0 amide bonds. The van der Waals surface area contributed by atoms with Crippen LogP contribution in [0.3, 0.4) is 0 Å². The van der Waals surface area contributed by atoms with Crippen molar-refractivity contribution in [3.8, 4) is 5.75 Å². The van der Waals surface area contributed by atoms with Crippen molar-refractivity contribution >= 4 is 45.8 Å². The van der Waals surface area contributed by atoms with Gasteiger partial charge in [0.15, 0.2) is 0 Å². The third kappa shape index (κ3) is 3.74. The van der Waals surface area contributed by atoms with Gasteiger partial charge in [0, 0.05) is 19.9 Å². The zero-order valence-electron chi connectivity index (χ0n) is 13.5. The van der Waals surface area contributed by atoms with Crippen LogP contribution >= 0.6 is 34.2 Å². The molecule has 6 nitrogen and oxygen atoms in total. The first kappa shape index (κ1) is 18.1. The lowest BCUT2D eigenvalue weighted by Crippen LogP contribution is -2.21. The molecule has 1 atom stereocenters. The Morgan fingerprint density at radius 3 is 2.70 bits per heavy atom. The van der Waals surface area contributed by atoms with Gasteiger partial charge in [-0.25, -0.2) is 0 Å². The zero-order valence-corrected chi connectivity index (χ0v) is 16.4. The topological polar surface area (TPSA) is 64.9 Å². The Kier molecular flexibility index (Phi) is 4.96. The van der Waals surface area contributed by atoms with Crippen LogP contribution in [0.1, 0.15) is 17.2 Å². The molecule has 4 rings (SSSR count). The van der Waals surface area contributed by atoms with E-state index in [2.05, 4.69) is 48.2 Å². The van der Waals surface area contributed by atoms with Gasteiger partial charge in [0.05, 0.1) is 0 Å². The van der Waals surface area contributed by atoms with Gasteiger partial charge in [-0.1, -0.05) is 28.8 Å². The van der Waals surface area contributed by atoms with Gasteiger partial charge in [-0.05, 0) is 75.0 Å². The van der Waals surface area contributed by atoms with Crippen LogP contribution in [0.5, 0.6) is 5.75 Å². The van der Waals surface area contributed by atoms with Crippen molar-refractivity contribution in [3.63, 3.8) is 0 Å². The number of anilines is 1. The minimum absolute atomic E-state index is 0.0148. The van der Waals surface area contributed by atoms with Crippen LogP contribution < -0.4 is 10.1 Å². The van der Waals surface area contributed by atoms with Crippen LogP contribution in [0.2, 0.25) is 5.02 Å². The maximum Gasteiger partial charge on any atom is 0.387 e. The smallest absolute Gasteiger partial charge is 0.387 e. The van der Waals surface area contributed by atoms with Crippen LogP contribution in [-0.2, 0) is 0 Å². The van der Waals surface area contributed by atoms with E-state index in [1.54, 1.807) is 6.07 Å². The van der Waals surface area contributed by atoms with Crippen molar-refractivity contribution in [2.75, 3.05) is 5.32 Å². The van der Waals surface area contributed by atoms with E-state index >= 15 is 0 Å². The molecule has 1 aromatic heterocycles. The average molecular weight is 502 g/mol. The third-order valence-corrected chi connectivity index (χ3v) is 4.94. The van der Waals surface area contributed by atoms with Crippen molar-refractivity contribution in [3.05, 3.63) is 68.3 Å². The number of tetrazole rings is 1. The molecule has 2 heterocycles. The van der Waals surface area contributed by atoms with Gasteiger partial charge in [-0.3, -0.25) is 0 Å². The van der Waals surface area contributed by atoms with Crippen LogP contribution in [0.15, 0.2) is 48.5 Å². The van der Waals surface area contributed by atoms with E-state index in [1.165, 1.54) is 16.8 Å². The van der Waals surface area contributed by atoms with E-state index in [1.807, 2.05) is 30.3 Å². The summed E-state index contributed by atoms with van der Waals surface area (Å²) < 4.78 is 33.0. The lowest BCUT2D eigenvalue weighted by atomic mass is 10.0. The van der Waals surface area contributed by atoms with Crippen LogP contribution in [0.25, 0.3) is 5.70 Å². The molecule has 1 unspecified atom stereocenters. The predicted octanol–water partition coefficient (Wildman–Crippen LogP) is 4.59. The van der Waals surface area contributed by atoms with Gasteiger partial charge in [0.2, 0.25) is 5.95 Å². The summed E-state index contributed by atoms with van der Waals surface area (Å²) in [6.45, 7) is -2.96. The number of allylic oxidation sites excluding steroid dienone is 1. The normalized spacial score (nSPS) is 15.9. The Morgan fingerprint density at radius 1 is 1.19 bits per heavy atom. The standard InChI is InChI=1S/C17H11ClF2IN5O/c18-10-3-6-15(27-16(19)20)12(7-10)14-8-13(9-1-4-11(21)5-2-9)22-17-23-24-25-26(14)17/h1-8,14,16H,(H,22,23,25). The molecule has 0 saturated carbocycles. The van der Waals surface area contributed by atoms with E-state index in [4.69, 9.17) is 11.6 Å². The van der Waals surface area contributed by atoms with Crippen molar-refractivity contribution in [1.82, 2.24) is 20.2 Å². The molecule has 0 radical (unpaired) electrons. The summed E-state index contributed by atoms with van der Waals surface area (Å²) in [5.41, 5.74) is 2.09. The Bertz CT molecular complexity index is 1010. The molecule has 0 spiro atoms. The van der Waals surface area contributed by atoms with Gasteiger partial charge >= 0.3 is 6.61 Å². The second kappa shape index (κ2) is 7.39. The third-order valence-electron chi connectivity index (χ3n) is 3.99. The molecule has 1 aliphatic rings. The molecule has 0 fully saturated rings. The molecule has 0 bridgehead atoms. The van der Waals surface area contributed by atoms with E-state index in [9.17, 15) is 8.78 Å². The Labute approximate surface area is 171 Å². The maximum absolute atomic E-state index is 12.9. The Balaban J connectivity index is 1.83. The number of halogens is 4. The van der Waals surface area contributed by atoms with Gasteiger partial charge in [0.1, 0.15) is 11.8 Å². The fourth-order valence-electron chi connectivity index (χ4n) is 2.83. The minimum atomic E-state index is -2.96. The molecule has 1 aliphatic heterocycles. The highest BCUT2D eigenvalue weighted by Crippen LogP contribution is 2.37. The SMILES string of the molecule is FC(F)Oc1ccc(Cl)cc1C1C=C(c2ccc(I)cc2)Nc2nnnn21. The minimum Gasteiger partial charge on any atom is -0.434 e. The number of alkyl halides is 2. The monoisotopic (exact) mass is 501 g/mol. The Hall–Kier alpha value is -2.27. The van der Waals surface area contributed by atoms with E-state index in [-0.39, 0.29) is 5.75 Å². The lowest BCUT2D eigenvalue weighted by molar-refractivity contribution is -0.0506. The van der Waals surface area contributed by atoms with Gasteiger partial charge in [-0.2, -0.15) is 13.5 Å². The van der Waals surface area contributed by atoms with Crippen LogP contribution in [0.4, 0.5) is 14.7 Å². The molecule has 0 aliphatic carbocycles. The first-order chi connectivity index (χ1) is 13.0. The predicted molar refractivity (Wildman–Crippen MR) is 105 cm³/mol. The molecule has 1 N–H and O–H groups in total. The lowest BCUT2D eigenvalue weighted by Gasteiger charge is -2.25. The number of ether oxygens (including phenoxy) is 1. The Morgan fingerprint density at radius 2 is 1.96 bits per heavy atom. The summed E-state index contributed by atoms with van der Waals surface area (Å²) in [5, 5.41) is 15.2.